The zero-order valence-electron chi connectivity index (χ0n) is 10.0. The van der Waals surface area contributed by atoms with E-state index in [-0.39, 0.29) is 25.2 Å². The van der Waals surface area contributed by atoms with Gasteiger partial charge in [0.05, 0.1) is 6.61 Å². The summed E-state index contributed by atoms with van der Waals surface area (Å²) >= 11 is 0. The maximum Gasteiger partial charge on any atom is 0.333 e. The molecule has 5 heteroatoms. The SMILES string of the molecule is C=C(C)C(=O)OCCCC(=O)CCCC(=O)O. The van der Waals surface area contributed by atoms with Gasteiger partial charge in [-0.2, -0.15) is 0 Å². The Morgan fingerprint density at radius 2 is 1.71 bits per heavy atom. The van der Waals surface area contributed by atoms with Crippen LogP contribution in [0.4, 0.5) is 0 Å². The number of aliphatic carboxylic acids is 1. The normalized spacial score (nSPS) is 9.71. The van der Waals surface area contributed by atoms with Crippen molar-refractivity contribution in [1.29, 1.82) is 0 Å². The minimum Gasteiger partial charge on any atom is -0.481 e. The number of hydrogen-bond acceptors (Lipinski definition) is 4. The maximum absolute atomic E-state index is 11.3. The van der Waals surface area contributed by atoms with E-state index in [0.717, 1.165) is 0 Å². The highest BCUT2D eigenvalue weighted by atomic mass is 16.5. The Kier molecular flexibility index (Phi) is 7.67. The van der Waals surface area contributed by atoms with Gasteiger partial charge in [-0.25, -0.2) is 4.79 Å². The molecule has 0 radical (unpaired) electrons. The standard InChI is InChI=1S/C12H18O5/c1-9(2)12(16)17-8-4-6-10(13)5-3-7-11(14)15/h1,3-8H2,2H3,(H,14,15). The number of carboxylic acids is 1. The molecule has 0 rings (SSSR count). The van der Waals surface area contributed by atoms with Crippen LogP contribution in [0.15, 0.2) is 12.2 Å². The Labute approximate surface area is 100 Å². The molecular weight excluding hydrogens is 224 g/mol. The first-order chi connectivity index (χ1) is 7.93. The molecule has 0 fully saturated rings. The summed E-state index contributed by atoms with van der Waals surface area (Å²) in [7, 11) is 0. The highest BCUT2D eigenvalue weighted by Crippen LogP contribution is 2.03. The minimum absolute atomic E-state index is 0.00220. The van der Waals surface area contributed by atoms with Crippen molar-refractivity contribution in [1.82, 2.24) is 0 Å². The summed E-state index contributed by atoms with van der Waals surface area (Å²) < 4.78 is 4.81. The molecule has 96 valence electrons. The molecule has 0 amide bonds. The lowest BCUT2D eigenvalue weighted by Crippen LogP contribution is -2.08. The van der Waals surface area contributed by atoms with Crippen molar-refractivity contribution in [2.75, 3.05) is 6.61 Å². The van der Waals surface area contributed by atoms with E-state index in [0.29, 0.717) is 24.8 Å². The highest BCUT2D eigenvalue weighted by molar-refractivity contribution is 5.86. The number of esters is 1. The second-order valence-corrected chi connectivity index (χ2v) is 3.81. The Morgan fingerprint density at radius 1 is 1.12 bits per heavy atom. The summed E-state index contributed by atoms with van der Waals surface area (Å²) in [5, 5.41) is 8.38. The molecule has 0 aromatic rings. The zero-order chi connectivity index (χ0) is 13.3. The highest BCUT2D eigenvalue weighted by Gasteiger charge is 2.06. The predicted octanol–water partition coefficient (Wildman–Crippen LogP) is 1.71. The number of carbonyl (C=O) groups excluding carboxylic acids is 2. The molecule has 0 aromatic heterocycles. The van der Waals surface area contributed by atoms with Gasteiger partial charge < -0.3 is 9.84 Å². The van der Waals surface area contributed by atoms with Crippen LogP contribution in [-0.4, -0.2) is 29.4 Å². The summed E-state index contributed by atoms with van der Waals surface area (Å²) in [6, 6.07) is 0. The molecule has 0 unspecified atom stereocenters. The van der Waals surface area contributed by atoms with Crippen molar-refractivity contribution >= 4 is 17.7 Å². The molecule has 0 aliphatic carbocycles. The van der Waals surface area contributed by atoms with E-state index < -0.39 is 11.9 Å². The Morgan fingerprint density at radius 3 is 2.24 bits per heavy atom. The molecule has 5 nitrogen and oxygen atoms in total. The summed E-state index contributed by atoms with van der Waals surface area (Å²) in [4.78, 5) is 32.4. The lowest BCUT2D eigenvalue weighted by molar-refractivity contribution is -0.140. The predicted molar refractivity (Wildman–Crippen MR) is 61.5 cm³/mol. The number of Topliss-reactive ketones (excluding diaryl/α,β-unsaturated/α-hetero) is 1. The molecular formula is C12H18O5. The first-order valence-corrected chi connectivity index (χ1v) is 5.49. The third kappa shape index (κ3) is 9.29. The Balaban J connectivity index is 3.48. The molecule has 0 bridgehead atoms. The molecule has 0 saturated carbocycles. The summed E-state index contributed by atoms with van der Waals surface area (Å²) in [6.07, 6.45) is 1.41. The largest absolute Gasteiger partial charge is 0.481 e. The van der Waals surface area contributed by atoms with Crippen LogP contribution in [0, 0.1) is 0 Å². The minimum atomic E-state index is -0.895. The number of ether oxygens (including phenoxy) is 1. The first-order valence-electron chi connectivity index (χ1n) is 5.49. The van der Waals surface area contributed by atoms with Crippen LogP contribution in [0.3, 0.4) is 0 Å². The van der Waals surface area contributed by atoms with Crippen molar-refractivity contribution in [2.24, 2.45) is 0 Å². The fourth-order valence-electron chi connectivity index (χ4n) is 1.12. The van der Waals surface area contributed by atoms with Gasteiger partial charge in [-0.05, 0) is 19.8 Å². The first kappa shape index (κ1) is 15.3. The average Bonchev–Trinajstić information content (AvgIpc) is 2.23. The molecule has 0 saturated heterocycles. The van der Waals surface area contributed by atoms with Gasteiger partial charge in [0, 0.05) is 24.8 Å². The smallest absolute Gasteiger partial charge is 0.333 e. The van der Waals surface area contributed by atoms with E-state index in [2.05, 4.69) is 6.58 Å². The third-order valence-electron chi connectivity index (χ3n) is 2.03. The van der Waals surface area contributed by atoms with Crippen molar-refractivity contribution in [3.05, 3.63) is 12.2 Å². The van der Waals surface area contributed by atoms with Crippen molar-refractivity contribution in [3.63, 3.8) is 0 Å². The van der Waals surface area contributed by atoms with Gasteiger partial charge in [-0.3, -0.25) is 9.59 Å². The van der Waals surface area contributed by atoms with Crippen molar-refractivity contribution in [2.45, 2.75) is 39.0 Å². The van der Waals surface area contributed by atoms with Crippen molar-refractivity contribution < 1.29 is 24.2 Å². The zero-order valence-corrected chi connectivity index (χ0v) is 10.0. The summed E-state index contributed by atoms with van der Waals surface area (Å²) in [5.74, 6) is -1.35. The van der Waals surface area contributed by atoms with E-state index in [1.807, 2.05) is 0 Å². The van der Waals surface area contributed by atoms with Crippen LogP contribution >= 0.6 is 0 Å². The number of carboxylic acid groups (broad SMARTS) is 1. The fraction of sp³-hybridized carbons (Fsp3) is 0.583. The van der Waals surface area contributed by atoms with E-state index >= 15 is 0 Å². The third-order valence-corrected chi connectivity index (χ3v) is 2.03. The van der Waals surface area contributed by atoms with Crippen LogP contribution in [0.25, 0.3) is 0 Å². The van der Waals surface area contributed by atoms with E-state index in [4.69, 9.17) is 9.84 Å². The van der Waals surface area contributed by atoms with Crippen molar-refractivity contribution in [3.8, 4) is 0 Å². The lowest BCUT2D eigenvalue weighted by Gasteiger charge is -2.03. The van der Waals surface area contributed by atoms with Crippen LogP contribution < -0.4 is 0 Å². The topological polar surface area (TPSA) is 80.7 Å². The lowest BCUT2D eigenvalue weighted by atomic mass is 10.1. The van der Waals surface area contributed by atoms with Gasteiger partial charge in [-0.1, -0.05) is 6.58 Å². The summed E-state index contributed by atoms with van der Waals surface area (Å²) in [6.45, 7) is 5.17. The Bertz CT molecular complexity index is 306. The van der Waals surface area contributed by atoms with Crippen LogP contribution in [-0.2, 0) is 19.1 Å². The second kappa shape index (κ2) is 8.50. The van der Waals surface area contributed by atoms with Gasteiger partial charge in [0.2, 0.25) is 0 Å². The molecule has 0 heterocycles. The second-order valence-electron chi connectivity index (χ2n) is 3.81. The Hall–Kier alpha value is -1.65. The van der Waals surface area contributed by atoms with E-state index in [1.54, 1.807) is 6.92 Å². The maximum atomic E-state index is 11.3. The monoisotopic (exact) mass is 242 g/mol. The van der Waals surface area contributed by atoms with Crippen LogP contribution in [0.1, 0.15) is 39.0 Å². The van der Waals surface area contributed by atoms with Crippen LogP contribution in [0.5, 0.6) is 0 Å². The van der Waals surface area contributed by atoms with Gasteiger partial charge in [0.1, 0.15) is 5.78 Å². The van der Waals surface area contributed by atoms with Crippen LogP contribution in [0.2, 0.25) is 0 Å². The average molecular weight is 242 g/mol. The van der Waals surface area contributed by atoms with Gasteiger partial charge in [-0.15, -0.1) is 0 Å². The number of rotatable bonds is 9. The van der Waals surface area contributed by atoms with Gasteiger partial charge in [0.25, 0.3) is 0 Å². The molecule has 1 N–H and O–H groups in total. The molecule has 0 spiro atoms. The van der Waals surface area contributed by atoms with E-state index in [1.165, 1.54) is 0 Å². The van der Waals surface area contributed by atoms with Gasteiger partial charge in [0.15, 0.2) is 0 Å². The number of ketones is 1. The molecule has 0 aliphatic rings. The molecule has 0 aliphatic heterocycles. The molecule has 17 heavy (non-hydrogen) atoms. The number of carbonyl (C=O) groups is 3. The fourth-order valence-corrected chi connectivity index (χ4v) is 1.12. The van der Waals surface area contributed by atoms with Gasteiger partial charge >= 0.3 is 11.9 Å². The molecule has 0 atom stereocenters. The summed E-state index contributed by atoms with van der Waals surface area (Å²) in [5.41, 5.74) is 0.331. The molecule has 0 aromatic carbocycles. The quantitative estimate of drug-likeness (QED) is 0.378. The van der Waals surface area contributed by atoms with E-state index in [9.17, 15) is 14.4 Å². The number of hydrogen-bond donors (Lipinski definition) is 1.